The normalized spacial score (nSPS) is 17.1. The minimum atomic E-state index is -0.867. The molecule has 0 bridgehead atoms. The number of ether oxygens (including phenoxy) is 1. The highest BCUT2D eigenvalue weighted by atomic mass is 16.5. The van der Waals surface area contributed by atoms with E-state index in [2.05, 4.69) is 25.6 Å². The van der Waals surface area contributed by atoms with Crippen LogP contribution in [-0.2, 0) is 20.9 Å². The van der Waals surface area contributed by atoms with Gasteiger partial charge >= 0.3 is 0 Å². The van der Waals surface area contributed by atoms with Crippen LogP contribution in [0.1, 0.15) is 49.5 Å². The Morgan fingerprint density at radius 1 is 1.12 bits per heavy atom. The zero-order chi connectivity index (χ0) is 27.9. The van der Waals surface area contributed by atoms with Crippen molar-refractivity contribution in [2.75, 3.05) is 39.4 Å². The number of aromatic hydroxyl groups is 1. The molecule has 0 unspecified atom stereocenters. The highest BCUT2D eigenvalue weighted by Crippen LogP contribution is 2.26. The molecule has 3 heterocycles. The summed E-state index contributed by atoms with van der Waals surface area (Å²) in [5.74, 6) is 1.04. The fourth-order valence-corrected chi connectivity index (χ4v) is 5.34. The third-order valence-electron chi connectivity index (χ3n) is 7.46. The van der Waals surface area contributed by atoms with E-state index in [4.69, 9.17) is 9.15 Å². The second-order valence-electron chi connectivity index (χ2n) is 10.4. The van der Waals surface area contributed by atoms with Gasteiger partial charge in [0.15, 0.2) is 5.76 Å². The lowest BCUT2D eigenvalue weighted by molar-refractivity contribution is -0.142. The molecule has 3 aromatic rings. The number of hydrogen-bond donors (Lipinski definition) is 2. The minimum Gasteiger partial charge on any atom is -0.508 e. The van der Waals surface area contributed by atoms with Crippen LogP contribution in [0.4, 0.5) is 0 Å². The van der Waals surface area contributed by atoms with Gasteiger partial charge in [-0.15, -0.1) is 10.2 Å². The van der Waals surface area contributed by atoms with E-state index in [0.29, 0.717) is 37.5 Å². The van der Waals surface area contributed by atoms with Gasteiger partial charge in [-0.1, -0.05) is 25.0 Å². The molecule has 0 spiro atoms. The van der Waals surface area contributed by atoms with Crippen LogP contribution in [0.25, 0.3) is 11.6 Å². The zero-order valence-corrected chi connectivity index (χ0v) is 22.9. The van der Waals surface area contributed by atoms with Crippen LogP contribution in [-0.4, -0.2) is 92.4 Å². The van der Waals surface area contributed by atoms with E-state index in [9.17, 15) is 14.7 Å². The van der Waals surface area contributed by atoms with Crippen LogP contribution < -0.4 is 5.32 Å². The summed E-state index contributed by atoms with van der Waals surface area (Å²) in [7, 11) is 0. The molecule has 12 heteroatoms. The molecule has 1 aliphatic carbocycles. The quantitative estimate of drug-likeness (QED) is 0.367. The number of amides is 2. The summed E-state index contributed by atoms with van der Waals surface area (Å²) in [6.07, 6.45) is 4.69. The van der Waals surface area contributed by atoms with E-state index in [1.165, 1.54) is 16.9 Å². The summed E-state index contributed by atoms with van der Waals surface area (Å²) in [4.78, 5) is 32.8. The van der Waals surface area contributed by atoms with Crippen molar-refractivity contribution in [3.63, 3.8) is 0 Å². The van der Waals surface area contributed by atoms with Gasteiger partial charge in [-0.25, -0.2) is 0 Å². The van der Waals surface area contributed by atoms with E-state index in [-0.39, 0.29) is 36.0 Å². The smallest absolute Gasteiger partial charge is 0.247 e. The highest BCUT2D eigenvalue weighted by molar-refractivity contribution is 5.89. The Bertz CT molecular complexity index is 1260. The van der Waals surface area contributed by atoms with Gasteiger partial charge < -0.3 is 24.5 Å². The largest absolute Gasteiger partial charge is 0.508 e. The number of phenols is 1. The van der Waals surface area contributed by atoms with Crippen molar-refractivity contribution in [3.05, 3.63) is 47.7 Å². The fraction of sp³-hybridized carbons (Fsp3) is 0.536. The van der Waals surface area contributed by atoms with Gasteiger partial charge in [0, 0.05) is 32.2 Å². The summed E-state index contributed by atoms with van der Waals surface area (Å²) >= 11 is 0. The molecule has 1 saturated heterocycles. The summed E-state index contributed by atoms with van der Waals surface area (Å²) < 4.78 is 11.0. The van der Waals surface area contributed by atoms with Crippen LogP contribution in [0, 0.1) is 6.92 Å². The molecule has 2 fully saturated rings. The first-order valence-corrected chi connectivity index (χ1v) is 14.0. The number of furan rings is 1. The molecule has 1 saturated carbocycles. The molecule has 12 nitrogen and oxygen atoms in total. The van der Waals surface area contributed by atoms with E-state index in [1.807, 2.05) is 13.0 Å². The lowest BCUT2D eigenvalue weighted by atomic mass is 10.0. The molecule has 2 aromatic heterocycles. The average Bonchev–Trinajstić information content (AvgIpc) is 3.73. The number of nitrogens with zero attached hydrogens (tertiary/aromatic N) is 6. The maximum Gasteiger partial charge on any atom is 0.247 e. The number of aryl methyl sites for hydroxylation is 1. The number of nitrogens with one attached hydrogen (secondary N) is 1. The number of hydrogen-bond acceptors (Lipinski definition) is 9. The van der Waals surface area contributed by atoms with Crippen molar-refractivity contribution < 1.29 is 23.8 Å². The van der Waals surface area contributed by atoms with E-state index < -0.39 is 6.04 Å². The number of aromatic nitrogens is 4. The van der Waals surface area contributed by atoms with Gasteiger partial charge in [-0.3, -0.25) is 14.5 Å². The Balaban J connectivity index is 1.38. The third-order valence-corrected chi connectivity index (χ3v) is 7.46. The van der Waals surface area contributed by atoms with E-state index >= 15 is 0 Å². The maximum absolute atomic E-state index is 13.9. The molecular weight excluding hydrogens is 514 g/mol. The number of carbonyl (C=O) groups is 2. The lowest BCUT2D eigenvalue weighted by Gasteiger charge is -2.33. The SMILES string of the molecule is Cc1ccc(-c2nnn(CC(=O)N(CCCN3CCOCC3)[C@H](C(=O)NC3CCCC3)c3ccc(O)cc3)n2)o1. The van der Waals surface area contributed by atoms with Gasteiger partial charge in [0.1, 0.15) is 24.1 Å². The average molecular weight is 552 g/mol. The van der Waals surface area contributed by atoms with Crippen LogP contribution in [0.2, 0.25) is 0 Å². The first kappa shape index (κ1) is 27.8. The van der Waals surface area contributed by atoms with Gasteiger partial charge in [0.25, 0.3) is 0 Å². The Morgan fingerprint density at radius 2 is 1.88 bits per heavy atom. The van der Waals surface area contributed by atoms with E-state index in [0.717, 1.165) is 51.1 Å². The topological polar surface area (TPSA) is 139 Å². The number of benzene rings is 1. The van der Waals surface area contributed by atoms with Gasteiger partial charge in [0.2, 0.25) is 17.6 Å². The first-order valence-electron chi connectivity index (χ1n) is 14.0. The van der Waals surface area contributed by atoms with Crippen LogP contribution in [0.15, 0.2) is 40.8 Å². The standard InChI is InChI=1S/C28H37N7O5/c1-20-7-12-24(40-20)27-30-32-35(31-27)19-25(37)34(14-4-13-33-15-17-39-18-16-33)26(21-8-10-23(36)11-9-21)28(38)29-22-5-2-3-6-22/h7-12,22,26,36H,2-6,13-19H2,1H3,(H,29,38)/t26-/m0/s1. The molecule has 5 rings (SSSR count). The number of rotatable bonds is 11. The molecule has 1 atom stereocenters. The molecule has 40 heavy (non-hydrogen) atoms. The molecule has 1 aromatic carbocycles. The second kappa shape index (κ2) is 13.1. The molecular formula is C28H37N7O5. The number of tetrazole rings is 1. The van der Waals surface area contributed by atoms with Crippen molar-refractivity contribution in [2.24, 2.45) is 0 Å². The predicted octanol–water partition coefficient (Wildman–Crippen LogP) is 2.30. The molecule has 2 amide bonds. The maximum atomic E-state index is 13.9. The Labute approximate surface area is 233 Å². The minimum absolute atomic E-state index is 0.0914. The van der Waals surface area contributed by atoms with Crippen molar-refractivity contribution in [2.45, 2.75) is 57.7 Å². The monoisotopic (exact) mass is 551 g/mol. The molecule has 0 radical (unpaired) electrons. The summed E-state index contributed by atoms with van der Waals surface area (Å²) in [6.45, 7) is 5.85. The molecule has 2 aliphatic rings. The summed E-state index contributed by atoms with van der Waals surface area (Å²) in [5, 5.41) is 25.5. The summed E-state index contributed by atoms with van der Waals surface area (Å²) in [5.41, 5.74) is 0.631. The summed E-state index contributed by atoms with van der Waals surface area (Å²) in [6, 6.07) is 9.26. The second-order valence-corrected chi connectivity index (χ2v) is 10.4. The number of carbonyl (C=O) groups excluding carboxylic acids is 2. The van der Waals surface area contributed by atoms with Crippen LogP contribution in [0.3, 0.4) is 0 Å². The number of phenolic OH excluding ortho intramolecular Hbond substituents is 1. The van der Waals surface area contributed by atoms with Gasteiger partial charge in [-0.05, 0) is 61.2 Å². The van der Waals surface area contributed by atoms with Crippen molar-refractivity contribution in [1.29, 1.82) is 0 Å². The Morgan fingerprint density at radius 3 is 2.58 bits per heavy atom. The van der Waals surface area contributed by atoms with Gasteiger partial charge in [-0.2, -0.15) is 4.80 Å². The van der Waals surface area contributed by atoms with E-state index in [1.54, 1.807) is 23.1 Å². The zero-order valence-electron chi connectivity index (χ0n) is 22.9. The number of morpholine rings is 1. The van der Waals surface area contributed by atoms with Crippen LogP contribution >= 0.6 is 0 Å². The lowest BCUT2D eigenvalue weighted by Crippen LogP contribution is -2.48. The Kier molecular flexibility index (Phi) is 9.07. The predicted molar refractivity (Wildman–Crippen MR) is 145 cm³/mol. The van der Waals surface area contributed by atoms with Crippen molar-refractivity contribution in [1.82, 2.24) is 35.3 Å². The van der Waals surface area contributed by atoms with Gasteiger partial charge in [0.05, 0.1) is 13.2 Å². The molecule has 1 aliphatic heterocycles. The Hall–Kier alpha value is -3.77. The first-order chi connectivity index (χ1) is 19.5. The highest BCUT2D eigenvalue weighted by Gasteiger charge is 2.33. The van der Waals surface area contributed by atoms with Crippen molar-refractivity contribution in [3.8, 4) is 17.3 Å². The van der Waals surface area contributed by atoms with Crippen LogP contribution in [0.5, 0.6) is 5.75 Å². The van der Waals surface area contributed by atoms with Crippen molar-refractivity contribution >= 4 is 11.8 Å². The fourth-order valence-electron chi connectivity index (χ4n) is 5.34. The third kappa shape index (κ3) is 7.05. The molecule has 214 valence electrons. The molecule has 2 N–H and O–H groups in total.